The smallest absolute Gasteiger partial charge is 0.342 e. The molecule has 2 rings (SSSR count). The Morgan fingerprint density at radius 2 is 2.16 bits per heavy atom. The molecule has 0 atom stereocenters. The Balaban J connectivity index is 2.32. The lowest BCUT2D eigenvalue weighted by Crippen LogP contribution is -2.19. The fourth-order valence-corrected chi connectivity index (χ4v) is 1.49. The van der Waals surface area contributed by atoms with Crippen LogP contribution in [0.25, 0.3) is 0 Å². The lowest BCUT2D eigenvalue weighted by Gasteiger charge is -2.09. The van der Waals surface area contributed by atoms with E-state index >= 15 is 0 Å². The van der Waals surface area contributed by atoms with Crippen molar-refractivity contribution < 1.29 is 14.6 Å². The molecule has 2 aromatic rings. The molecular formula is C12H11N3O4. The minimum Gasteiger partial charge on any atom is -0.495 e. The number of carboxylic acid groups (broad SMARTS) is 1. The predicted molar refractivity (Wildman–Crippen MR) is 68.1 cm³/mol. The van der Waals surface area contributed by atoms with Crippen LogP contribution in [-0.2, 0) is 0 Å². The van der Waals surface area contributed by atoms with Gasteiger partial charge in [-0.3, -0.25) is 9.78 Å². The molecule has 0 amide bonds. The molecule has 0 saturated heterocycles. The number of methoxy groups -OCH3 is 1. The Labute approximate surface area is 107 Å². The third kappa shape index (κ3) is 2.71. The Bertz CT molecular complexity index is 666. The average Bonchev–Trinajstić information content (AvgIpc) is 2.39. The molecule has 1 aromatic heterocycles. The van der Waals surface area contributed by atoms with Gasteiger partial charge in [0.15, 0.2) is 0 Å². The van der Waals surface area contributed by atoms with Crippen molar-refractivity contribution in [2.75, 3.05) is 12.4 Å². The number of ether oxygens (including phenoxy) is 1. The largest absolute Gasteiger partial charge is 0.495 e. The van der Waals surface area contributed by atoms with Crippen molar-refractivity contribution in [3.05, 3.63) is 46.4 Å². The van der Waals surface area contributed by atoms with Crippen LogP contribution in [0.4, 0.5) is 11.6 Å². The van der Waals surface area contributed by atoms with E-state index in [2.05, 4.69) is 15.3 Å². The van der Waals surface area contributed by atoms with Gasteiger partial charge in [-0.1, -0.05) is 12.1 Å². The van der Waals surface area contributed by atoms with Crippen molar-refractivity contribution in [2.24, 2.45) is 0 Å². The zero-order chi connectivity index (χ0) is 13.8. The maximum atomic E-state index is 11.5. The van der Waals surface area contributed by atoms with Crippen LogP contribution in [0, 0.1) is 0 Å². The number of H-pyrrole nitrogens is 1. The maximum absolute atomic E-state index is 11.5. The Morgan fingerprint density at radius 3 is 2.79 bits per heavy atom. The number of anilines is 2. The van der Waals surface area contributed by atoms with Gasteiger partial charge in [-0.25, -0.2) is 9.78 Å². The van der Waals surface area contributed by atoms with Gasteiger partial charge < -0.3 is 15.2 Å². The van der Waals surface area contributed by atoms with Crippen molar-refractivity contribution in [1.29, 1.82) is 0 Å². The summed E-state index contributed by atoms with van der Waals surface area (Å²) in [6.45, 7) is 0. The number of nitrogens with one attached hydrogen (secondary N) is 2. The molecule has 7 heteroatoms. The van der Waals surface area contributed by atoms with Crippen LogP contribution in [0.3, 0.4) is 0 Å². The van der Waals surface area contributed by atoms with E-state index in [0.717, 1.165) is 6.20 Å². The summed E-state index contributed by atoms with van der Waals surface area (Å²) in [4.78, 5) is 28.3. The molecular weight excluding hydrogens is 250 g/mol. The molecule has 0 unspecified atom stereocenters. The second kappa shape index (κ2) is 5.21. The second-order valence-corrected chi connectivity index (χ2v) is 3.61. The standard InChI is InChI=1S/C12H11N3O4/c1-19-9-5-3-2-4-8(9)14-12-13-6-7(11(17)18)10(16)15-12/h2-6H,1H3,(H,17,18)(H2,13,14,15,16). The molecule has 0 aliphatic rings. The number of nitrogens with zero attached hydrogens (tertiary/aromatic N) is 1. The number of aromatic carboxylic acids is 1. The zero-order valence-electron chi connectivity index (χ0n) is 10.0. The monoisotopic (exact) mass is 261 g/mol. The van der Waals surface area contributed by atoms with Gasteiger partial charge in [-0.15, -0.1) is 0 Å². The van der Waals surface area contributed by atoms with Gasteiger partial charge in [0.1, 0.15) is 11.3 Å². The summed E-state index contributed by atoms with van der Waals surface area (Å²) in [5, 5.41) is 11.6. The van der Waals surface area contributed by atoms with Crippen LogP contribution in [0.15, 0.2) is 35.3 Å². The Morgan fingerprint density at radius 1 is 1.42 bits per heavy atom. The Kier molecular flexibility index (Phi) is 3.46. The van der Waals surface area contributed by atoms with Gasteiger partial charge >= 0.3 is 5.97 Å². The van der Waals surface area contributed by atoms with Crippen molar-refractivity contribution >= 4 is 17.6 Å². The molecule has 0 aliphatic heterocycles. The summed E-state index contributed by atoms with van der Waals surface area (Å²) in [5.74, 6) is -0.607. The lowest BCUT2D eigenvalue weighted by atomic mass is 10.3. The number of hydrogen-bond donors (Lipinski definition) is 3. The second-order valence-electron chi connectivity index (χ2n) is 3.61. The van der Waals surface area contributed by atoms with Crippen molar-refractivity contribution in [1.82, 2.24) is 9.97 Å². The number of aromatic amines is 1. The first-order valence-electron chi connectivity index (χ1n) is 5.34. The summed E-state index contributed by atoms with van der Waals surface area (Å²) >= 11 is 0. The normalized spacial score (nSPS) is 9.95. The van der Waals surface area contributed by atoms with Gasteiger partial charge in [0.05, 0.1) is 19.0 Å². The van der Waals surface area contributed by atoms with E-state index in [1.165, 1.54) is 7.11 Å². The fraction of sp³-hybridized carbons (Fsp3) is 0.0833. The van der Waals surface area contributed by atoms with E-state index in [1.54, 1.807) is 24.3 Å². The molecule has 0 radical (unpaired) electrons. The molecule has 0 fully saturated rings. The predicted octanol–water partition coefficient (Wildman–Crippen LogP) is 1.22. The molecule has 0 bridgehead atoms. The first-order valence-corrected chi connectivity index (χ1v) is 5.34. The van der Waals surface area contributed by atoms with Gasteiger partial charge in [0, 0.05) is 0 Å². The first kappa shape index (κ1) is 12.6. The number of carbonyl (C=O) groups is 1. The van der Waals surface area contributed by atoms with E-state index < -0.39 is 17.1 Å². The molecule has 19 heavy (non-hydrogen) atoms. The highest BCUT2D eigenvalue weighted by atomic mass is 16.5. The highest BCUT2D eigenvalue weighted by molar-refractivity contribution is 5.86. The van der Waals surface area contributed by atoms with E-state index in [1.807, 2.05) is 0 Å². The van der Waals surface area contributed by atoms with Gasteiger partial charge in [0.2, 0.25) is 5.95 Å². The molecule has 3 N–H and O–H groups in total. The van der Waals surface area contributed by atoms with Crippen LogP contribution in [0.2, 0.25) is 0 Å². The molecule has 1 aromatic carbocycles. The molecule has 0 spiro atoms. The molecule has 98 valence electrons. The van der Waals surface area contributed by atoms with Crippen LogP contribution < -0.4 is 15.6 Å². The quantitative estimate of drug-likeness (QED) is 0.764. The van der Waals surface area contributed by atoms with Crippen LogP contribution >= 0.6 is 0 Å². The van der Waals surface area contributed by atoms with Crippen molar-refractivity contribution in [3.8, 4) is 5.75 Å². The SMILES string of the molecule is COc1ccccc1Nc1ncc(C(=O)O)c(=O)[nH]1. The molecule has 0 aliphatic carbocycles. The van der Waals surface area contributed by atoms with Gasteiger partial charge in [0.25, 0.3) is 5.56 Å². The summed E-state index contributed by atoms with van der Waals surface area (Å²) < 4.78 is 5.13. The number of para-hydroxylation sites is 2. The van der Waals surface area contributed by atoms with Crippen LogP contribution in [0.1, 0.15) is 10.4 Å². The van der Waals surface area contributed by atoms with E-state index in [0.29, 0.717) is 11.4 Å². The number of benzene rings is 1. The number of rotatable bonds is 4. The lowest BCUT2D eigenvalue weighted by molar-refractivity contribution is 0.0694. The third-order valence-corrected chi connectivity index (χ3v) is 2.39. The summed E-state index contributed by atoms with van der Waals surface area (Å²) in [7, 11) is 1.52. The number of hydrogen-bond acceptors (Lipinski definition) is 5. The Hall–Kier alpha value is -2.83. The van der Waals surface area contributed by atoms with E-state index in [9.17, 15) is 9.59 Å². The average molecular weight is 261 g/mol. The summed E-state index contributed by atoms with van der Waals surface area (Å²) in [6.07, 6.45) is 0.999. The maximum Gasteiger partial charge on any atom is 0.342 e. The van der Waals surface area contributed by atoms with E-state index in [-0.39, 0.29) is 5.95 Å². The minimum absolute atomic E-state index is 0.138. The number of aromatic nitrogens is 2. The van der Waals surface area contributed by atoms with Crippen LogP contribution in [0.5, 0.6) is 5.75 Å². The van der Waals surface area contributed by atoms with Crippen LogP contribution in [-0.4, -0.2) is 28.2 Å². The minimum atomic E-state index is -1.32. The highest BCUT2D eigenvalue weighted by Crippen LogP contribution is 2.24. The zero-order valence-corrected chi connectivity index (χ0v) is 10.0. The van der Waals surface area contributed by atoms with Gasteiger partial charge in [-0.2, -0.15) is 0 Å². The summed E-state index contributed by atoms with van der Waals surface area (Å²) in [5.41, 5.74) is -0.526. The molecule has 7 nitrogen and oxygen atoms in total. The topological polar surface area (TPSA) is 104 Å². The number of carboxylic acids is 1. The van der Waals surface area contributed by atoms with E-state index in [4.69, 9.17) is 9.84 Å². The third-order valence-electron chi connectivity index (χ3n) is 2.39. The summed E-state index contributed by atoms with van der Waals surface area (Å²) in [6, 6.07) is 7.07. The fourth-order valence-electron chi connectivity index (χ4n) is 1.49. The van der Waals surface area contributed by atoms with Crippen molar-refractivity contribution in [2.45, 2.75) is 0 Å². The first-order chi connectivity index (χ1) is 9.11. The van der Waals surface area contributed by atoms with Crippen molar-refractivity contribution in [3.63, 3.8) is 0 Å². The van der Waals surface area contributed by atoms with Gasteiger partial charge in [-0.05, 0) is 12.1 Å². The highest BCUT2D eigenvalue weighted by Gasteiger charge is 2.10. The molecule has 1 heterocycles. The molecule has 0 saturated carbocycles.